The molecule has 1 unspecified atom stereocenters. The Bertz CT molecular complexity index is 1040. The predicted octanol–water partition coefficient (Wildman–Crippen LogP) is 6.78. The topological polar surface area (TPSA) is 101 Å². The second kappa shape index (κ2) is 13.5. The number of aromatic hydroxyl groups is 2. The van der Waals surface area contributed by atoms with Crippen molar-refractivity contribution in [1.82, 2.24) is 0 Å². The maximum absolute atomic E-state index is 12.0. The van der Waals surface area contributed by atoms with Gasteiger partial charge in [0.1, 0.15) is 18.3 Å². The highest BCUT2D eigenvalue weighted by atomic mass is 32.2. The van der Waals surface area contributed by atoms with Crippen molar-refractivity contribution in [1.29, 1.82) is 0 Å². The molecule has 2 aromatic heterocycles. The van der Waals surface area contributed by atoms with Crippen LogP contribution in [0.3, 0.4) is 0 Å². The SMILES string of the molecule is CCCC(C)(C)C(SCCCSCCCC(C)(C)Cc1cocc(O)c1=O)c1cc(=O)c(O)co1. The minimum Gasteiger partial charge on any atom is -0.502 e. The highest BCUT2D eigenvalue weighted by molar-refractivity contribution is 8.00. The standard InChI is InChI=1S/C27H40O6S2/c1-6-9-27(4,5)25(23-14-20(28)21(29)18-33-23)35-13-8-12-34-11-7-10-26(2,3)15-19-16-32-17-22(30)24(19)31/h14,16-18,25,29-30H,6-13,15H2,1-5H3. The molecule has 1 atom stereocenters. The molecule has 2 N–H and O–H groups in total. The van der Waals surface area contributed by atoms with E-state index in [-0.39, 0.29) is 33.0 Å². The van der Waals surface area contributed by atoms with E-state index in [9.17, 15) is 19.8 Å². The molecule has 8 heteroatoms. The van der Waals surface area contributed by atoms with Crippen molar-refractivity contribution in [3.05, 3.63) is 56.6 Å². The summed E-state index contributed by atoms with van der Waals surface area (Å²) in [5.41, 5.74) is -0.302. The molecule has 0 fully saturated rings. The third-order valence-corrected chi connectivity index (χ3v) is 9.02. The second-order valence-corrected chi connectivity index (χ2v) is 13.0. The fraction of sp³-hybridized carbons (Fsp3) is 0.630. The van der Waals surface area contributed by atoms with Gasteiger partial charge in [0.15, 0.2) is 11.5 Å². The fourth-order valence-corrected chi connectivity index (χ4v) is 6.81. The normalized spacial score (nSPS) is 13.2. The van der Waals surface area contributed by atoms with Gasteiger partial charge in [-0.15, -0.1) is 11.8 Å². The summed E-state index contributed by atoms with van der Waals surface area (Å²) in [4.78, 5) is 24.0. The summed E-state index contributed by atoms with van der Waals surface area (Å²) in [5.74, 6) is 3.03. The van der Waals surface area contributed by atoms with E-state index >= 15 is 0 Å². The molecule has 0 radical (unpaired) electrons. The number of thioether (sulfide) groups is 2. The van der Waals surface area contributed by atoms with Crippen molar-refractivity contribution >= 4 is 23.5 Å². The Morgan fingerprint density at radius 2 is 1.66 bits per heavy atom. The lowest BCUT2D eigenvalue weighted by molar-refractivity contribution is 0.287. The van der Waals surface area contributed by atoms with E-state index in [1.165, 1.54) is 12.3 Å². The van der Waals surface area contributed by atoms with Gasteiger partial charge >= 0.3 is 0 Å². The van der Waals surface area contributed by atoms with Crippen LogP contribution in [-0.4, -0.2) is 27.5 Å². The molecule has 0 bridgehead atoms. The van der Waals surface area contributed by atoms with Gasteiger partial charge < -0.3 is 19.0 Å². The van der Waals surface area contributed by atoms with E-state index in [1.807, 2.05) is 23.5 Å². The van der Waals surface area contributed by atoms with Crippen LogP contribution in [0.5, 0.6) is 11.5 Å². The number of hydrogen-bond acceptors (Lipinski definition) is 8. The molecule has 0 saturated heterocycles. The van der Waals surface area contributed by atoms with Gasteiger partial charge in [-0.1, -0.05) is 41.0 Å². The van der Waals surface area contributed by atoms with Crippen molar-refractivity contribution in [2.75, 3.05) is 17.3 Å². The Kier molecular flexibility index (Phi) is 11.3. The van der Waals surface area contributed by atoms with Crippen LogP contribution < -0.4 is 10.9 Å². The summed E-state index contributed by atoms with van der Waals surface area (Å²) < 4.78 is 10.7. The molecule has 6 nitrogen and oxygen atoms in total. The first-order chi connectivity index (χ1) is 16.5. The smallest absolute Gasteiger partial charge is 0.229 e. The maximum atomic E-state index is 12.0. The zero-order valence-electron chi connectivity index (χ0n) is 21.6. The van der Waals surface area contributed by atoms with Crippen LogP contribution in [-0.2, 0) is 6.42 Å². The van der Waals surface area contributed by atoms with Gasteiger partial charge in [-0.05, 0) is 60.2 Å². The Hall–Kier alpha value is -1.80. The van der Waals surface area contributed by atoms with E-state index in [2.05, 4.69) is 34.6 Å². The average Bonchev–Trinajstić information content (AvgIpc) is 2.77. The lowest BCUT2D eigenvalue weighted by Gasteiger charge is -2.33. The third-order valence-electron chi connectivity index (χ3n) is 6.14. The first-order valence-corrected chi connectivity index (χ1v) is 14.5. The number of hydrogen-bond donors (Lipinski definition) is 2. The van der Waals surface area contributed by atoms with Crippen LogP contribution in [0.4, 0.5) is 0 Å². The molecule has 0 aliphatic rings. The molecule has 0 aromatic carbocycles. The van der Waals surface area contributed by atoms with Gasteiger partial charge in [0.2, 0.25) is 10.9 Å². The van der Waals surface area contributed by atoms with E-state index < -0.39 is 5.43 Å². The molecule has 0 spiro atoms. The Morgan fingerprint density at radius 1 is 0.943 bits per heavy atom. The van der Waals surface area contributed by atoms with Crippen molar-refractivity contribution in [2.24, 2.45) is 10.8 Å². The second-order valence-electron chi connectivity index (χ2n) is 10.5. The van der Waals surface area contributed by atoms with Gasteiger partial charge in [-0.25, -0.2) is 0 Å². The van der Waals surface area contributed by atoms with Gasteiger partial charge in [-0.3, -0.25) is 9.59 Å². The fourth-order valence-electron chi connectivity index (χ4n) is 4.32. The van der Waals surface area contributed by atoms with E-state index in [0.717, 1.165) is 61.9 Å². The lowest BCUT2D eigenvalue weighted by atomic mass is 9.82. The molecule has 0 aliphatic heterocycles. The molecule has 0 amide bonds. The Morgan fingerprint density at radius 3 is 2.34 bits per heavy atom. The molecule has 2 aromatic rings. The zero-order chi connectivity index (χ0) is 26.1. The summed E-state index contributed by atoms with van der Waals surface area (Å²) in [6, 6.07) is 1.43. The Labute approximate surface area is 216 Å². The minimum atomic E-state index is -0.396. The van der Waals surface area contributed by atoms with Crippen LogP contribution in [0.25, 0.3) is 0 Å². The molecule has 0 saturated carbocycles. The van der Waals surface area contributed by atoms with Crippen LogP contribution in [0.15, 0.2) is 43.3 Å². The number of rotatable bonds is 15. The summed E-state index contributed by atoms with van der Waals surface area (Å²) >= 11 is 3.76. The monoisotopic (exact) mass is 524 g/mol. The minimum absolute atomic E-state index is 0.0299. The van der Waals surface area contributed by atoms with Crippen molar-refractivity contribution in [3.8, 4) is 11.5 Å². The van der Waals surface area contributed by atoms with Crippen molar-refractivity contribution in [3.63, 3.8) is 0 Å². The zero-order valence-corrected chi connectivity index (χ0v) is 23.2. The van der Waals surface area contributed by atoms with E-state index in [4.69, 9.17) is 8.83 Å². The van der Waals surface area contributed by atoms with Crippen molar-refractivity contribution < 1.29 is 19.0 Å². The molecule has 35 heavy (non-hydrogen) atoms. The van der Waals surface area contributed by atoms with Crippen LogP contribution in [0.2, 0.25) is 0 Å². The van der Waals surface area contributed by atoms with Gasteiger partial charge in [0.05, 0.1) is 11.5 Å². The molecule has 2 heterocycles. The molecule has 196 valence electrons. The summed E-state index contributed by atoms with van der Waals surface area (Å²) in [6.07, 6.45) is 9.40. The Balaban J connectivity index is 1.76. The third kappa shape index (κ3) is 9.30. The van der Waals surface area contributed by atoms with Crippen LogP contribution in [0, 0.1) is 10.8 Å². The van der Waals surface area contributed by atoms with Gasteiger partial charge in [0.25, 0.3) is 0 Å². The summed E-state index contributed by atoms with van der Waals surface area (Å²) in [7, 11) is 0. The van der Waals surface area contributed by atoms with Crippen LogP contribution in [0.1, 0.15) is 83.3 Å². The first kappa shape index (κ1) is 29.4. The molecule has 2 rings (SSSR count). The quantitative estimate of drug-likeness (QED) is 0.246. The summed E-state index contributed by atoms with van der Waals surface area (Å²) in [6.45, 7) is 10.8. The average molecular weight is 525 g/mol. The van der Waals surface area contributed by atoms with Crippen LogP contribution >= 0.6 is 23.5 Å². The van der Waals surface area contributed by atoms with E-state index in [0.29, 0.717) is 17.7 Å². The lowest BCUT2D eigenvalue weighted by Crippen LogP contribution is -2.21. The molecular formula is C27H40O6S2. The van der Waals surface area contributed by atoms with Crippen molar-refractivity contribution in [2.45, 2.75) is 78.4 Å². The van der Waals surface area contributed by atoms with Gasteiger partial charge in [0, 0.05) is 11.6 Å². The largest absolute Gasteiger partial charge is 0.502 e. The first-order valence-electron chi connectivity index (χ1n) is 12.3. The molecular weight excluding hydrogens is 484 g/mol. The molecule has 0 aliphatic carbocycles. The highest BCUT2D eigenvalue weighted by Gasteiger charge is 2.32. The highest BCUT2D eigenvalue weighted by Crippen LogP contribution is 2.47. The van der Waals surface area contributed by atoms with E-state index in [1.54, 1.807) is 0 Å². The predicted molar refractivity (Wildman–Crippen MR) is 146 cm³/mol. The van der Waals surface area contributed by atoms with Gasteiger partial charge in [-0.2, -0.15) is 11.8 Å². The summed E-state index contributed by atoms with van der Waals surface area (Å²) in [5, 5.41) is 19.2. The maximum Gasteiger partial charge on any atom is 0.229 e.